The smallest absolute Gasteiger partial charge is 0.374 e. The Morgan fingerprint density at radius 2 is 1.92 bits per heavy atom. The van der Waals surface area contributed by atoms with E-state index in [-0.39, 0.29) is 24.6 Å². The quantitative estimate of drug-likeness (QED) is 0.831. The van der Waals surface area contributed by atoms with E-state index in [0.29, 0.717) is 42.2 Å². The number of carbonyl (C=O) groups is 2. The number of hydrogen-bond acceptors (Lipinski definition) is 6. The Bertz CT molecular complexity index is 826. The van der Waals surface area contributed by atoms with E-state index in [0.717, 1.165) is 0 Å². The fourth-order valence-electron chi connectivity index (χ4n) is 2.93. The van der Waals surface area contributed by atoms with Crippen molar-refractivity contribution >= 4 is 22.9 Å². The van der Waals surface area contributed by atoms with Crippen LogP contribution in [0.5, 0.6) is 0 Å². The van der Waals surface area contributed by atoms with Crippen LogP contribution in [0.3, 0.4) is 0 Å². The average Bonchev–Trinajstić information content (AvgIpc) is 3.04. The molecule has 25 heavy (non-hydrogen) atoms. The first-order chi connectivity index (χ1) is 12.0. The maximum atomic E-state index is 12.2. The molecule has 130 valence electrons. The van der Waals surface area contributed by atoms with Crippen LogP contribution in [0.25, 0.3) is 11.0 Å². The molecular formula is C18H17NO6. The van der Waals surface area contributed by atoms with Crippen molar-refractivity contribution in [3.05, 3.63) is 35.6 Å². The summed E-state index contributed by atoms with van der Waals surface area (Å²) in [7, 11) is 0. The summed E-state index contributed by atoms with van der Waals surface area (Å²) in [5.74, 6) is -1.42. The lowest BCUT2D eigenvalue weighted by atomic mass is 9.95. The van der Waals surface area contributed by atoms with E-state index < -0.39 is 11.9 Å². The monoisotopic (exact) mass is 343 g/mol. The molecular weight excluding hydrogens is 326 g/mol. The molecule has 3 rings (SSSR count). The molecule has 0 spiro atoms. The normalized spacial score (nSPS) is 20.1. The Balaban J connectivity index is 1.56. The number of fused-ring (bicyclic) bond motifs is 1. The molecule has 0 bridgehead atoms. The first-order valence-electron chi connectivity index (χ1n) is 8.03. The highest BCUT2D eigenvalue weighted by molar-refractivity contribution is 5.93. The molecule has 1 fully saturated rings. The molecule has 1 aliphatic carbocycles. The number of aliphatic carboxylic acids is 1. The predicted octanol–water partition coefficient (Wildman–Crippen LogP) is 2.87. The van der Waals surface area contributed by atoms with E-state index >= 15 is 0 Å². The molecule has 0 unspecified atom stereocenters. The summed E-state index contributed by atoms with van der Waals surface area (Å²) < 4.78 is 16.2. The van der Waals surface area contributed by atoms with Crippen molar-refractivity contribution in [1.29, 1.82) is 5.26 Å². The van der Waals surface area contributed by atoms with Crippen molar-refractivity contribution in [3.8, 4) is 6.07 Å². The third-order valence-corrected chi connectivity index (χ3v) is 4.18. The van der Waals surface area contributed by atoms with Gasteiger partial charge in [-0.15, -0.1) is 0 Å². The maximum Gasteiger partial charge on any atom is 0.374 e. The van der Waals surface area contributed by atoms with E-state index in [2.05, 4.69) is 0 Å². The summed E-state index contributed by atoms with van der Waals surface area (Å²) in [5, 5.41) is 18.2. The second-order valence-electron chi connectivity index (χ2n) is 5.98. The predicted molar refractivity (Wildman–Crippen MR) is 86.0 cm³/mol. The van der Waals surface area contributed by atoms with Gasteiger partial charge in [0.1, 0.15) is 18.3 Å². The minimum absolute atomic E-state index is 0.106. The summed E-state index contributed by atoms with van der Waals surface area (Å²) in [6, 6.07) is 8.53. The molecule has 2 aromatic rings. The lowest BCUT2D eigenvalue weighted by Gasteiger charge is -2.27. The van der Waals surface area contributed by atoms with Crippen molar-refractivity contribution in [2.45, 2.75) is 37.9 Å². The number of esters is 1. The molecule has 0 amide bonds. The zero-order chi connectivity index (χ0) is 17.8. The largest absolute Gasteiger partial charge is 0.480 e. The molecule has 1 aliphatic rings. The van der Waals surface area contributed by atoms with Gasteiger partial charge in [0.05, 0.1) is 17.7 Å². The van der Waals surface area contributed by atoms with Crippen LogP contribution < -0.4 is 0 Å². The number of rotatable bonds is 5. The number of hydrogen-bond donors (Lipinski definition) is 1. The number of carboxylic acids is 1. The van der Waals surface area contributed by atoms with Gasteiger partial charge in [0.2, 0.25) is 5.76 Å². The van der Waals surface area contributed by atoms with Gasteiger partial charge in [-0.1, -0.05) is 0 Å². The lowest BCUT2D eigenvalue weighted by molar-refractivity contribution is -0.145. The van der Waals surface area contributed by atoms with Crippen molar-refractivity contribution in [2.24, 2.45) is 0 Å². The number of carbonyl (C=O) groups excluding carboxylic acids is 1. The minimum Gasteiger partial charge on any atom is -0.480 e. The second-order valence-corrected chi connectivity index (χ2v) is 5.98. The first-order valence-corrected chi connectivity index (χ1v) is 8.03. The molecule has 1 aromatic carbocycles. The third-order valence-electron chi connectivity index (χ3n) is 4.18. The van der Waals surface area contributed by atoms with Gasteiger partial charge in [-0.05, 0) is 49.9 Å². The summed E-state index contributed by atoms with van der Waals surface area (Å²) in [6.45, 7) is -0.307. The molecule has 1 N–H and O–H groups in total. The minimum atomic E-state index is -0.988. The zero-order valence-corrected chi connectivity index (χ0v) is 13.4. The fourth-order valence-corrected chi connectivity index (χ4v) is 2.93. The van der Waals surface area contributed by atoms with Gasteiger partial charge < -0.3 is 19.0 Å². The van der Waals surface area contributed by atoms with Crippen LogP contribution in [0.15, 0.2) is 28.7 Å². The van der Waals surface area contributed by atoms with E-state index in [9.17, 15) is 9.59 Å². The summed E-state index contributed by atoms with van der Waals surface area (Å²) >= 11 is 0. The molecule has 1 saturated carbocycles. The molecule has 1 aromatic heterocycles. The standard InChI is InChI=1S/C18H17NO6/c19-9-11-1-6-15-12(7-11)8-16(25-15)18(22)24-14-4-2-13(3-5-14)23-10-17(20)21/h1,6-8,13-14H,2-5,10H2,(H,20,21). The van der Waals surface area contributed by atoms with Crippen LogP contribution in [-0.2, 0) is 14.3 Å². The van der Waals surface area contributed by atoms with Crippen LogP contribution >= 0.6 is 0 Å². The Labute approximate surface area is 143 Å². The number of nitriles is 1. The van der Waals surface area contributed by atoms with Crippen LogP contribution in [0, 0.1) is 11.3 Å². The van der Waals surface area contributed by atoms with Crippen LogP contribution in [0.2, 0.25) is 0 Å². The molecule has 0 radical (unpaired) electrons. The molecule has 7 heteroatoms. The summed E-state index contributed by atoms with van der Waals surface area (Å²) in [6.07, 6.45) is 2.19. The van der Waals surface area contributed by atoms with E-state index in [4.69, 9.17) is 24.3 Å². The van der Waals surface area contributed by atoms with Gasteiger partial charge in [0, 0.05) is 5.39 Å². The van der Waals surface area contributed by atoms with Crippen LogP contribution in [0.1, 0.15) is 41.8 Å². The van der Waals surface area contributed by atoms with Gasteiger partial charge in [0.25, 0.3) is 0 Å². The van der Waals surface area contributed by atoms with Gasteiger partial charge in [-0.3, -0.25) is 0 Å². The van der Waals surface area contributed by atoms with Crippen molar-refractivity contribution in [1.82, 2.24) is 0 Å². The number of furan rings is 1. The van der Waals surface area contributed by atoms with E-state index in [1.165, 1.54) is 0 Å². The zero-order valence-electron chi connectivity index (χ0n) is 13.4. The van der Waals surface area contributed by atoms with Crippen molar-refractivity contribution in [2.75, 3.05) is 6.61 Å². The van der Waals surface area contributed by atoms with Gasteiger partial charge in [-0.25, -0.2) is 9.59 Å². The topological polar surface area (TPSA) is 110 Å². The van der Waals surface area contributed by atoms with Crippen molar-refractivity contribution < 1.29 is 28.6 Å². The first kappa shape index (κ1) is 17.0. The summed E-state index contributed by atoms with van der Waals surface area (Å²) in [5.41, 5.74) is 1.02. The number of nitrogens with zero attached hydrogens (tertiary/aromatic N) is 1. The average molecular weight is 343 g/mol. The Kier molecular flexibility index (Phi) is 5.00. The maximum absolute atomic E-state index is 12.2. The molecule has 0 aliphatic heterocycles. The Morgan fingerprint density at radius 3 is 2.60 bits per heavy atom. The van der Waals surface area contributed by atoms with Gasteiger partial charge in [-0.2, -0.15) is 5.26 Å². The number of ether oxygens (including phenoxy) is 2. The molecule has 1 heterocycles. The van der Waals surface area contributed by atoms with Gasteiger partial charge >= 0.3 is 11.9 Å². The Hall–Kier alpha value is -2.85. The Morgan fingerprint density at radius 1 is 1.20 bits per heavy atom. The molecule has 0 atom stereocenters. The van der Waals surface area contributed by atoms with E-state index in [1.54, 1.807) is 24.3 Å². The van der Waals surface area contributed by atoms with Crippen LogP contribution in [-0.4, -0.2) is 35.9 Å². The fraction of sp³-hybridized carbons (Fsp3) is 0.389. The SMILES string of the molecule is N#Cc1ccc2oc(C(=O)OC3CCC(OCC(=O)O)CC3)cc2c1. The number of benzene rings is 1. The molecule has 0 saturated heterocycles. The third kappa shape index (κ3) is 4.17. The van der Waals surface area contributed by atoms with E-state index in [1.807, 2.05) is 6.07 Å². The molecule has 7 nitrogen and oxygen atoms in total. The number of carboxylic acid groups (broad SMARTS) is 1. The van der Waals surface area contributed by atoms with Crippen molar-refractivity contribution in [3.63, 3.8) is 0 Å². The van der Waals surface area contributed by atoms with Crippen LogP contribution in [0.4, 0.5) is 0 Å². The highest BCUT2D eigenvalue weighted by Crippen LogP contribution is 2.26. The second kappa shape index (κ2) is 7.36. The van der Waals surface area contributed by atoms with Gasteiger partial charge in [0.15, 0.2) is 0 Å². The summed E-state index contributed by atoms with van der Waals surface area (Å²) in [4.78, 5) is 22.7. The highest BCUT2D eigenvalue weighted by Gasteiger charge is 2.26. The highest BCUT2D eigenvalue weighted by atomic mass is 16.6. The lowest BCUT2D eigenvalue weighted by Crippen LogP contribution is -2.29.